The fourth-order valence-corrected chi connectivity index (χ4v) is 1.73. The van der Waals surface area contributed by atoms with E-state index in [4.69, 9.17) is 5.26 Å². The van der Waals surface area contributed by atoms with E-state index in [2.05, 4.69) is 10.6 Å². The van der Waals surface area contributed by atoms with Crippen molar-refractivity contribution in [2.45, 2.75) is 25.7 Å². The van der Waals surface area contributed by atoms with E-state index in [1.807, 2.05) is 0 Å². The number of amides is 2. The highest BCUT2D eigenvalue weighted by molar-refractivity contribution is 6.35. The standard InChI is InChI=1S/C10H15N3O2/c11-5-6-12-9(14)10(15)13-7-8-3-1-2-4-8/h8H,1-4,6-7H2,(H,12,14)(H,13,15). The average molecular weight is 209 g/mol. The van der Waals surface area contributed by atoms with Crippen molar-refractivity contribution in [2.24, 2.45) is 5.92 Å². The fourth-order valence-electron chi connectivity index (χ4n) is 1.73. The van der Waals surface area contributed by atoms with Gasteiger partial charge in [-0.2, -0.15) is 5.26 Å². The van der Waals surface area contributed by atoms with Gasteiger partial charge < -0.3 is 10.6 Å². The smallest absolute Gasteiger partial charge is 0.310 e. The SMILES string of the molecule is N#CCNC(=O)C(=O)NCC1CCCC1. The highest BCUT2D eigenvalue weighted by Gasteiger charge is 2.18. The average Bonchev–Trinajstić information content (AvgIpc) is 2.75. The predicted octanol–water partition coefficient (Wildman–Crippen LogP) is -0.0674. The molecule has 2 amide bonds. The molecule has 0 saturated heterocycles. The molecule has 5 heteroatoms. The van der Waals surface area contributed by atoms with Crippen molar-refractivity contribution in [3.63, 3.8) is 0 Å². The number of nitriles is 1. The zero-order chi connectivity index (χ0) is 11.1. The van der Waals surface area contributed by atoms with Gasteiger partial charge in [0, 0.05) is 6.54 Å². The van der Waals surface area contributed by atoms with Gasteiger partial charge in [-0.15, -0.1) is 0 Å². The first kappa shape index (κ1) is 11.5. The van der Waals surface area contributed by atoms with Crippen LogP contribution in [-0.2, 0) is 9.59 Å². The Morgan fingerprint density at radius 2 is 1.80 bits per heavy atom. The molecule has 15 heavy (non-hydrogen) atoms. The fraction of sp³-hybridized carbons (Fsp3) is 0.700. The summed E-state index contributed by atoms with van der Waals surface area (Å²) < 4.78 is 0. The summed E-state index contributed by atoms with van der Waals surface area (Å²) in [6, 6.07) is 1.74. The first-order valence-electron chi connectivity index (χ1n) is 5.17. The van der Waals surface area contributed by atoms with Gasteiger partial charge in [-0.25, -0.2) is 0 Å². The molecule has 0 heterocycles. The minimum atomic E-state index is -0.727. The summed E-state index contributed by atoms with van der Waals surface area (Å²) in [5, 5.41) is 13.0. The Labute approximate surface area is 88.8 Å². The van der Waals surface area contributed by atoms with Gasteiger partial charge in [-0.1, -0.05) is 12.8 Å². The molecule has 1 aliphatic rings. The molecule has 0 aromatic rings. The normalized spacial score (nSPS) is 15.7. The molecule has 0 aromatic heterocycles. The molecule has 0 spiro atoms. The summed E-state index contributed by atoms with van der Waals surface area (Å²) in [6.45, 7) is 0.439. The Morgan fingerprint density at radius 3 is 2.40 bits per heavy atom. The Morgan fingerprint density at radius 1 is 1.20 bits per heavy atom. The molecule has 1 fully saturated rings. The second-order valence-electron chi connectivity index (χ2n) is 3.70. The quantitative estimate of drug-likeness (QED) is 0.504. The minimum absolute atomic E-state index is 0.129. The number of hydrogen-bond acceptors (Lipinski definition) is 3. The summed E-state index contributed by atoms with van der Waals surface area (Å²) in [6.07, 6.45) is 4.67. The molecule has 1 saturated carbocycles. The molecule has 1 aliphatic carbocycles. The van der Waals surface area contributed by atoms with Crippen LogP contribution in [0.15, 0.2) is 0 Å². The molecule has 0 aliphatic heterocycles. The lowest BCUT2D eigenvalue weighted by molar-refractivity contribution is -0.139. The molecule has 0 aromatic carbocycles. The van der Waals surface area contributed by atoms with Crippen LogP contribution in [0.3, 0.4) is 0 Å². The largest absolute Gasteiger partial charge is 0.348 e. The molecule has 0 atom stereocenters. The van der Waals surface area contributed by atoms with Crippen LogP contribution in [0.2, 0.25) is 0 Å². The Bertz CT molecular complexity index is 277. The maximum atomic E-state index is 11.2. The van der Waals surface area contributed by atoms with Crippen molar-refractivity contribution in [1.29, 1.82) is 5.26 Å². The number of nitrogens with zero attached hydrogens (tertiary/aromatic N) is 1. The van der Waals surface area contributed by atoms with Crippen LogP contribution < -0.4 is 10.6 Å². The molecule has 82 valence electrons. The second-order valence-corrected chi connectivity index (χ2v) is 3.70. The van der Waals surface area contributed by atoms with Gasteiger partial charge in [0.1, 0.15) is 6.54 Å². The van der Waals surface area contributed by atoms with Crippen molar-refractivity contribution in [1.82, 2.24) is 10.6 Å². The van der Waals surface area contributed by atoms with E-state index >= 15 is 0 Å². The van der Waals surface area contributed by atoms with Gasteiger partial charge >= 0.3 is 11.8 Å². The first-order valence-corrected chi connectivity index (χ1v) is 5.17. The van der Waals surface area contributed by atoms with Crippen LogP contribution in [0.5, 0.6) is 0 Å². The van der Waals surface area contributed by atoms with Gasteiger partial charge in [0.15, 0.2) is 0 Å². The van der Waals surface area contributed by atoms with E-state index in [1.54, 1.807) is 6.07 Å². The van der Waals surface area contributed by atoms with Crippen LogP contribution in [0.25, 0.3) is 0 Å². The third-order valence-electron chi connectivity index (χ3n) is 2.56. The van der Waals surface area contributed by atoms with E-state index < -0.39 is 11.8 Å². The molecule has 5 nitrogen and oxygen atoms in total. The van der Waals surface area contributed by atoms with Crippen molar-refractivity contribution in [3.05, 3.63) is 0 Å². The first-order chi connectivity index (χ1) is 7.24. The predicted molar refractivity (Wildman–Crippen MR) is 53.6 cm³/mol. The number of rotatable bonds is 3. The third-order valence-corrected chi connectivity index (χ3v) is 2.56. The lowest BCUT2D eigenvalue weighted by atomic mass is 10.1. The van der Waals surface area contributed by atoms with Gasteiger partial charge in [-0.3, -0.25) is 9.59 Å². The van der Waals surface area contributed by atoms with Gasteiger partial charge in [-0.05, 0) is 18.8 Å². The minimum Gasteiger partial charge on any atom is -0.348 e. The van der Waals surface area contributed by atoms with Crippen LogP contribution in [0, 0.1) is 17.2 Å². The maximum Gasteiger partial charge on any atom is 0.310 e. The topological polar surface area (TPSA) is 82.0 Å². The van der Waals surface area contributed by atoms with Crippen molar-refractivity contribution >= 4 is 11.8 Å². The van der Waals surface area contributed by atoms with Gasteiger partial charge in [0.25, 0.3) is 0 Å². The lowest BCUT2D eigenvalue weighted by Crippen LogP contribution is -2.41. The molecule has 0 bridgehead atoms. The van der Waals surface area contributed by atoms with E-state index in [9.17, 15) is 9.59 Å². The number of carbonyl (C=O) groups excluding carboxylic acids is 2. The highest BCUT2D eigenvalue weighted by Crippen LogP contribution is 2.23. The summed E-state index contributed by atoms with van der Waals surface area (Å²) in [5.41, 5.74) is 0. The van der Waals surface area contributed by atoms with E-state index in [0.717, 1.165) is 12.8 Å². The van der Waals surface area contributed by atoms with Gasteiger partial charge in [0.05, 0.1) is 6.07 Å². The van der Waals surface area contributed by atoms with Crippen molar-refractivity contribution in [3.8, 4) is 6.07 Å². The summed E-state index contributed by atoms with van der Waals surface area (Å²) in [5.74, 6) is -0.857. The monoisotopic (exact) mass is 209 g/mol. The molecule has 0 radical (unpaired) electrons. The Balaban J connectivity index is 2.17. The number of hydrogen-bond donors (Lipinski definition) is 2. The van der Waals surface area contributed by atoms with Crippen LogP contribution in [0.1, 0.15) is 25.7 Å². The van der Waals surface area contributed by atoms with Crippen LogP contribution in [0.4, 0.5) is 0 Å². The molecule has 2 N–H and O–H groups in total. The zero-order valence-electron chi connectivity index (χ0n) is 8.58. The Hall–Kier alpha value is -1.57. The lowest BCUT2D eigenvalue weighted by Gasteiger charge is -2.09. The zero-order valence-corrected chi connectivity index (χ0v) is 8.58. The Kier molecular flexibility index (Phi) is 4.61. The molecule has 0 unspecified atom stereocenters. The van der Waals surface area contributed by atoms with E-state index in [-0.39, 0.29) is 6.54 Å². The maximum absolute atomic E-state index is 11.2. The number of nitrogens with one attached hydrogen (secondary N) is 2. The highest BCUT2D eigenvalue weighted by atomic mass is 16.2. The molecular weight excluding hydrogens is 194 g/mol. The molecular formula is C10H15N3O2. The van der Waals surface area contributed by atoms with Crippen molar-refractivity contribution < 1.29 is 9.59 Å². The van der Waals surface area contributed by atoms with E-state index in [0.29, 0.717) is 12.5 Å². The molecule has 1 rings (SSSR count). The van der Waals surface area contributed by atoms with Crippen LogP contribution >= 0.6 is 0 Å². The summed E-state index contributed by atoms with van der Waals surface area (Å²) in [7, 11) is 0. The van der Waals surface area contributed by atoms with Gasteiger partial charge in [0.2, 0.25) is 0 Å². The summed E-state index contributed by atoms with van der Waals surface area (Å²) in [4.78, 5) is 22.2. The second kappa shape index (κ2) is 6.02. The van der Waals surface area contributed by atoms with Crippen LogP contribution in [-0.4, -0.2) is 24.9 Å². The third kappa shape index (κ3) is 3.98. The number of carbonyl (C=O) groups is 2. The van der Waals surface area contributed by atoms with E-state index in [1.165, 1.54) is 12.8 Å². The summed E-state index contributed by atoms with van der Waals surface area (Å²) >= 11 is 0. The van der Waals surface area contributed by atoms with Crippen molar-refractivity contribution in [2.75, 3.05) is 13.1 Å².